The summed E-state index contributed by atoms with van der Waals surface area (Å²) in [5, 5.41) is 10.3. The molecule has 2 fully saturated rings. The monoisotopic (exact) mass is 364 g/mol. The van der Waals surface area contributed by atoms with Crippen molar-refractivity contribution < 1.29 is 14.1 Å². The lowest BCUT2D eigenvalue weighted by Crippen LogP contribution is -2.60. The molecule has 0 aromatic carbocycles. The molecule has 1 aromatic rings. The Bertz CT molecular complexity index is 608. The number of rotatable bonds is 6. The van der Waals surface area contributed by atoms with Gasteiger partial charge < -0.3 is 19.9 Å². The molecule has 7 heteroatoms. The molecule has 1 aliphatic heterocycles. The number of amides is 2. The third kappa shape index (κ3) is 4.57. The average molecular weight is 364 g/mol. The molecule has 2 unspecified atom stereocenters. The van der Waals surface area contributed by atoms with E-state index in [1.807, 2.05) is 13.8 Å². The molecule has 2 aliphatic rings. The van der Waals surface area contributed by atoms with Gasteiger partial charge in [0.25, 0.3) is 0 Å². The Balaban J connectivity index is 1.48. The number of morpholine rings is 1. The molecule has 2 heterocycles. The fourth-order valence-electron chi connectivity index (χ4n) is 3.83. The third-order valence-electron chi connectivity index (χ3n) is 5.74. The highest BCUT2D eigenvalue weighted by atomic mass is 16.5. The minimum Gasteiger partial charge on any atom is -0.379 e. The van der Waals surface area contributed by atoms with Crippen LogP contribution in [-0.2, 0) is 17.7 Å². The van der Waals surface area contributed by atoms with Gasteiger partial charge in [0.2, 0.25) is 0 Å². The quantitative estimate of drug-likeness (QED) is 0.809. The molecule has 2 N–H and O–H groups in total. The van der Waals surface area contributed by atoms with Gasteiger partial charge in [-0.05, 0) is 38.0 Å². The molecule has 0 bridgehead atoms. The first-order valence-electron chi connectivity index (χ1n) is 9.66. The molecule has 7 nitrogen and oxygen atoms in total. The molecule has 1 saturated heterocycles. The van der Waals surface area contributed by atoms with Crippen LogP contribution in [0.5, 0.6) is 0 Å². The van der Waals surface area contributed by atoms with E-state index in [2.05, 4.69) is 40.6 Å². The maximum absolute atomic E-state index is 11.9. The van der Waals surface area contributed by atoms with Crippen LogP contribution in [0.2, 0.25) is 0 Å². The SMILES string of the molecule is CC(C)NC(=O)NC1CC(Cc2cc(CN3CCOCC3)on2)C1(C)C. The Kier molecular flexibility index (Phi) is 5.87. The fourth-order valence-corrected chi connectivity index (χ4v) is 3.83. The summed E-state index contributed by atoms with van der Waals surface area (Å²) in [6.45, 7) is 12.6. The number of carbonyl (C=O) groups is 1. The van der Waals surface area contributed by atoms with E-state index >= 15 is 0 Å². The molecule has 3 rings (SSSR count). The summed E-state index contributed by atoms with van der Waals surface area (Å²) in [4.78, 5) is 14.3. The van der Waals surface area contributed by atoms with Crippen molar-refractivity contribution in [2.45, 2.75) is 59.2 Å². The number of carbonyl (C=O) groups excluding carboxylic acids is 1. The topological polar surface area (TPSA) is 79.6 Å². The number of urea groups is 1. The van der Waals surface area contributed by atoms with Crippen LogP contribution in [0.15, 0.2) is 10.6 Å². The number of hydrogen-bond acceptors (Lipinski definition) is 5. The van der Waals surface area contributed by atoms with Gasteiger partial charge >= 0.3 is 6.03 Å². The van der Waals surface area contributed by atoms with Crippen LogP contribution >= 0.6 is 0 Å². The summed E-state index contributed by atoms with van der Waals surface area (Å²) < 4.78 is 10.9. The summed E-state index contributed by atoms with van der Waals surface area (Å²) >= 11 is 0. The van der Waals surface area contributed by atoms with Gasteiger partial charge in [-0.1, -0.05) is 19.0 Å². The summed E-state index contributed by atoms with van der Waals surface area (Å²) in [6.07, 6.45) is 1.87. The van der Waals surface area contributed by atoms with Crippen LogP contribution in [0, 0.1) is 11.3 Å². The van der Waals surface area contributed by atoms with E-state index in [4.69, 9.17) is 9.26 Å². The number of nitrogens with zero attached hydrogens (tertiary/aromatic N) is 2. The van der Waals surface area contributed by atoms with Crippen LogP contribution in [0.4, 0.5) is 4.79 Å². The van der Waals surface area contributed by atoms with E-state index in [1.54, 1.807) is 0 Å². The van der Waals surface area contributed by atoms with Gasteiger partial charge in [0.15, 0.2) is 5.76 Å². The van der Waals surface area contributed by atoms with Gasteiger partial charge in [0.1, 0.15) is 0 Å². The van der Waals surface area contributed by atoms with Crippen molar-refractivity contribution >= 4 is 6.03 Å². The number of nitrogens with one attached hydrogen (secondary N) is 2. The Labute approximate surface area is 155 Å². The summed E-state index contributed by atoms with van der Waals surface area (Å²) in [5.74, 6) is 1.42. The molecular weight excluding hydrogens is 332 g/mol. The van der Waals surface area contributed by atoms with Crippen molar-refractivity contribution in [3.05, 3.63) is 17.5 Å². The predicted molar refractivity (Wildman–Crippen MR) is 98.8 cm³/mol. The highest BCUT2D eigenvalue weighted by Crippen LogP contribution is 2.47. The Morgan fingerprint density at radius 1 is 1.38 bits per heavy atom. The van der Waals surface area contributed by atoms with Crippen molar-refractivity contribution in [1.82, 2.24) is 20.7 Å². The highest BCUT2D eigenvalue weighted by Gasteiger charge is 2.48. The maximum Gasteiger partial charge on any atom is 0.315 e. The molecule has 2 atom stereocenters. The molecule has 0 spiro atoms. The van der Waals surface area contributed by atoms with Crippen LogP contribution < -0.4 is 10.6 Å². The van der Waals surface area contributed by atoms with E-state index in [9.17, 15) is 4.79 Å². The van der Waals surface area contributed by atoms with E-state index in [1.165, 1.54) is 0 Å². The molecule has 1 aliphatic carbocycles. The highest BCUT2D eigenvalue weighted by molar-refractivity contribution is 5.74. The first-order chi connectivity index (χ1) is 12.3. The molecule has 1 saturated carbocycles. The lowest BCUT2D eigenvalue weighted by molar-refractivity contribution is 0.0198. The van der Waals surface area contributed by atoms with Crippen molar-refractivity contribution in [3.63, 3.8) is 0 Å². The number of hydrogen-bond donors (Lipinski definition) is 2. The zero-order valence-electron chi connectivity index (χ0n) is 16.4. The van der Waals surface area contributed by atoms with Gasteiger partial charge in [-0.3, -0.25) is 4.90 Å². The minimum atomic E-state index is -0.0780. The van der Waals surface area contributed by atoms with Crippen molar-refractivity contribution in [2.24, 2.45) is 11.3 Å². The number of ether oxygens (including phenoxy) is 1. The van der Waals surface area contributed by atoms with E-state index < -0.39 is 0 Å². The normalized spacial score (nSPS) is 25.7. The van der Waals surface area contributed by atoms with Crippen molar-refractivity contribution in [1.29, 1.82) is 0 Å². The van der Waals surface area contributed by atoms with E-state index in [0.717, 1.165) is 57.1 Å². The van der Waals surface area contributed by atoms with Crippen molar-refractivity contribution in [2.75, 3.05) is 26.3 Å². The first-order valence-corrected chi connectivity index (χ1v) is 9.66. The zero-order chi connectivity index (χ0) is 18.7. The Morgan fingerprint density at radius 2 is 2.12 bits per heavy atom. The van der Waals surface area contributed by atoms with Crippen LogP contribution in [0.1, 0.15) is 45.6 Å². The van der Waals surface area contributed by atoms with Crippen LogP contribution in [0.25, 0.3) is 0 Å². The number of aromatic nitrogens is 1. The predicted octanol–water partition coefficient (Wildman–Crippen LogP) is 2.17. The standard InChI is InChI=1S/C19H32N4O3/c1-13(2)20-18(24)21-17-10-14(19(17,3)4)9-15-11-16(26-22-15)12-23-5-7-25-8-6-23/h11,13-14,17H,5-10,12H2,1-4H3,(H2,20,21,24). The van der Waals surface area contributed by atoms with Gasteiger partial charge in [-0.2, -0.15) is 0 Å². The fraction of sp³-hybridized carbons (Fsp3) is 0.789. The molecule has 146 valence electrons. The first kappa shape index (κ1) is 19.2. The van der Waals surface area contributed by atoms with Gasteiger partial charge in [-0.15, -0.1) is 0 Å². The average Bonchev–Trinajstić information content (AvgIpc) is 3.01. The minimum absolute atomic E-state index is 0.0532. The third-order valence-corrected chi connectivity index (χ3v) is 5.74. The largest absolute Gasteiger partial charge is 0.379 e. The van der Waals surface area contributed by atoms with Gasteiger partial charge in [-0.25, -0.2) is 4.79 Å². The second-order valence-corrected chi connectivity index (χ2v) is 8.46. The lowest BCUT2D eigenvalue weighted by Gasteiger charge is -2.52. The zero-order valence-corrected chi connectivity index (χ0v) is 16.4. The second kappa shape index (κ2) is 7.96. The maximum atomic E-state index is 11.9. The molecule has 1 aromatic heterocycles. The van der Waals surface area contributed by atoms with E-state index in [0.29, 0.717) is 5.92 Å². The summed E-state index contributed by atoms with van der Waals surface area (Å²) in [7, 11) is 0. The summed E-state index contributed by atoms with van der Waals surface area (Å²) in [6, 6.07) is 2.35. The lowest BCUT2D eigenvalue weighted by atomic mass is 9.57. The molecule has 2 amide bonds. The molecule has 26 heavy (non-hydrogen) atoms. The molecular formula is C19H32N4O3. The van der Waals surface area contributed by atoms with Gasteiger partial charge in [0.05, 0.1) is 25.5 Å². The molecule has 0 radical (unpaired) electrons. The summed E-state index contributed by atoms with van der Waals surface area (Å²) in [5.41, 5.74) is 1.06. The van der Waals surface area contributed by atoms with Crippen LogP contribution in [-0.4, -0.2) is 54.5 Å². The second-order valence-electron chi connectivity index (χ2n) is 8.46. The van der Waals surface area contributed by atoms with Crippen LogP contribution in [0.3, 0.4) is 0 Å². The van der Waals surface area contributed by atoms with Gasteiger partial charge in [0, 0.05) is 31.2 Å². The Hall–Kier alpha value is -1.60. The van der Waals surface area contributed by atoms with Crippen molar-refractivity contribution in [3.8, 4) is 0 Å². The Morgan fingerprint density at radius 3 is 2.77 bits per heavy atom. The smallest absolute Gasteiger partial charge is 0.315 e. The van der Waals surface area contributed by atoms with E-state index in [-0.39, 0.29) is 23.5 Å².